The zero-order chi connectivity index (χ0) is 16.8. The van der Waals surface area contributed by atoms with Crippen molar-refractivity contribution in [2.24, 2.45) is 0 Å². The van der Waals surface area contributed by atoms with Crippen molar-refractivity contribution in [2.75, 3.05) is 19.0 Å². The van der Waals surface area contributed by atoms with Crippen LogP contribution >= 0.6 is 34.2 Å². The highest BCUT2D eigenvalue weighted by Gasteiger charge is 2.11. The average molecular weight is 445 g/mol. The third kappa shape index (κ3) is 4.84. The summed E-state index contributed by atoms with van der Waals surface area (Å²) in [5.74, 6) is -0.111. The number of carbonyl (C=O) groups is 2. The number of rotatable bonds is 5. The molecule has 0 aromatic heterocycles. The normalized spacial score (nSPS) is 10.0. The van der Waals surface area contributed by atoms with Crippen molar-refractivity contribution in [3.8, 4) is 5.75 Å². The van der Waals surface area contributed by atoms with Gasteiger partial charge in [-0.15, -0.1) is 0 Å². The molecule has 0 saturated carbocycles. The molecular formula is C16H14ClIN2O3. The summed E-state index contributed by atoms with van der Waals surface area (Å²) < 4.78 is 5.87. The summed E-state index contributed by atoms with van der Waals surface area (Å²) in [6, 6.07) is 12.1. The lowest BCUT2D eigenvalue weighted by atomic mass is 10.2. The summed E-state index contributed by atoms with van der Waals surface area (Å²) in [6.07, 6.45) is 0. The van der Waals surface area contributed by atoms with Crippen LogP contribution < -0.4 is 15.4 Å². The smallest absolute Gasteiger partial charge is 0.252 e. The van der Waals surface area contributed by atoms with E-state index in [4.69, 9.17) is 16.3 Å². The predicted molar refractivity (Wildman–Crippen MR) is 98.1 cm³/mol. The molecule has 2 aromatic rings. The Bertz CT molecular complexity index is 737. The van der Waals surface area contributed by atoms with Crippen LogP contribution in [0.5, 0.6) is 5.75 Å². The lowest BCUT2D eigenvalue weighted by Gasteiger charge is -2.09. The van der Waals surface area contributed by atoms with E-state index in [-0.39, 0.29) is 18.4 Å². The number of ether oxygens (including phenoxy) is 1. The topological polar surface area (TPSA) is 67.4 Å². The molecule has 120 valence electrons. The molecule has 0 unspecified atom stereocenters. The van der Waals surface area contributed by atoms with Crippen molar-refractivity contribution in [3.63, 3.8) is 0 Å². The van der Waals surface area contributed by atoms with Crippen molar-refractivity contribution < 1.29 is 14.3 Å². The first-order valence-corrected chi connectivity index (χ1v) is 8.13. The van der Waals surface area contributed by atoms with Gasteiger partial charge in [-0.1, -0.05) is 23.7 Å². The van der Waals surface area contributed by atoms with E-state index < -0.39 is 0 Å². The van der Waals surface area contributed by atoms with Gasteiger partial charge in [-0.3, -0.25) is 9.59 Å². The summed E-state index contributed by atoms with van der Waals surface area (Å²) in [6.45, 7) is -0.131. The minimum absolute atomic E-state index is 0.131. The van der Waals surface area contributed by atoms with Gasteiger partial charge in [0.1, 0.15) is 5.75 Å². The van der Waals surface area contributed by atoms with Crippen LogP contribution in [-0.2, 0) is 4.79 Å². The molecule has 2 rings (SSSR count). The van der Waals surface area contributed by atoms with Crippen LogP contribution in [0.2, 0.25) is 5.02 Å². The molecule has 2 N–H and O–H groups in total. The van der Waals surface area contributed by atoms with Gasteiger partial charge in [-0.2, -0.15) is 0 Å². The molecular weight excluding hydrogens is 431 g/mol. The van der Waals surface area contributed by atoms with E-state index in [0.29, 0.717) is 22.0 Å². The van der Waals surface area contributed by atoms with Gasteiger partial charge in [0.05, 0.1) is 24.2 Å². The third-order valence-corrected chi connectivity index (χ3v) is 4.20. The first-order valence-electron chi connectivity index (χ1n) is 6.67. The van der Waals surface area contributed by atoms with Gasteiger partial charge in [0.15, 0.2) is 0 Å². The molecule has 2 aromatic carbocycles. The quantitative estimate of drug-likeness (QED) is 0.695. The Morgan fingerprint density at radius 2 is 1.96 bits per heavy atom. The molecule has 7 heteroatoms. The second-order valence-corrected chi connectivity index (χ2v) is 6.13. The van der Waals surface area contributed by atoms with Gasteiger partial charge in [-0.05, 0) is 52.9 Å². The van der Waals surface area contributed by atoms with E-state index in [1.54, 1.807) is 30.3 Å². The Morgan fingerprint density at radius 3 is 2.61 bits per heavy atom. The van der Waals surface area contributed by atoms with Crippen LogP contribution in [0.4, 0.5) is 5.69 Å². The van der Waals surface area contributed by atoms with Gasteiger partial charge in [0.2, 0.25) is 5.91 Å². The van der Waals surface area contributed by atoms with E-state index in [2.05, 4.69) is 33.2 Å². The molecule has 0 aliphatic rings. The number of nitrogens with one attached hydrogen (secondary N) is 2. The highest BCUT2D eigenvalue weighted by Crippen LogP contribution is 2.27. The molecule has 0 heterocycles. The standard InChI is InChI=1S/C16H14ClIN2O3/c1-23-14-7-6-10(8-12(14)17)20-15(21)9-19-16(22)11-4-2-3-5-13(11)18/h2-8H,9H2,1H3,(H,19,22)(H,20,21). The Hall–Kier alpha value is -1.80. The zero-order valence-electron chi connectivity index (χ0n) is 12.2. The zero-order valence-corrected chi connectivity index (χ0v) is 15.1. The van der Waals surface area contributed by atoms with Gasteiger partial charge >= 0.3 is 0 Å². The summed E-state index contributed by atoms with van der Waals surface area (Å²) >= 11 is 8.06. The number of halogens is 2. The highest BCUT2D eigenvalue weighted by atomic mass is 127. The largest absolute Gasteiger partial charge is 0.495 e. The molecule has 0 radical (unpaired) electrons. The number of amides is 2. The maximum absolute atomic E-state index is 12.0. The number of methoxy groups -OCH3 is 1. The first-order chi connectivity index (χ1) is 11.0. The molecule has 2 amide bonds. The van der Waals surface area contributed by atoms with Crippen LogP contribution in [0.25, 0.3) is 0 Å². The molecule has 23 heavy (non-hydrogen) atoms. The van der Waals surface area contributed by atoms with Gasteiger partial charge in [-0.25, -0.2) is 0 Å². The number of benzene rings is 2. The Balaban J connectivity index is 1.91. The lowest BCUT2D eigenvalue weighted by molar-refractivity contribution is -0.115. The van der Waals surface area contributed by atoms with Crippen molar-refractivity contribution in [1.82, 2.24) is 5.32 Å². The summed E-state index contributed by atoms with van der Waals surface area (Å²) in [5, 5.41) is 5.64. The average Bonchev–Trinajstić information content (AvgIpc) is 2.53. The highest BCUT2D eigenvalue weighted by molar-refractivity contribution is 14.1. The van der Waals surface area contributed by atoms with Crippen LogP contribution in [-0.4, -0.2) is 25.5 Å². The van der Waals surface area contributed by atoms with Gasteiger partial charge in [0.25, 0.3) is 5.91 Å². The Kier molecular flexibility index (Phi) is 6.23. The molecule has 0 saturated heterocycles. The van der Waals surface area contributed by atoms with Crippen molar-refractivity contribution in [1.29, 1.82) is 0 Å². The number of anilines is 1. The molecule has 0 bridgehead atoms. The first kappa shape index (κ1) is 17.6. The third-order valence-electron chi connectivity index (χ3n) is 2.96. The van der Waals surface area contributed by atoms with E-state index >= 15 is 0 Å². The molecule has 0 atom stereocenters. The van der Waals surface area contributed by atoms with E-state index in [9.17, 15) is 9.59 Å². The minimum atomic E-state index is -0.342. The summed E-state index contributed by atoms with van der Waals surface area (Å²) in [4.78, 5) is 23.9. The number of hydrogen-bond donors (Lipinski definition) is 2. The molecule has 0 aliphatic heterocycles. The summed E-state index contributed by atoms with van der Waals surface area (Å²) in [5.41, 5.74) is 1.07. The maximum atomic E-state index is 12.0. The van der Waals surface area contributed by atoms with Crippen LogP contribution in [0.3, 0.4) is 0 Å². The van der Waals surface area contributed by atoms with Crippen molar-refractivity contribution in [2.45, 2.75) is 0 Å². The molecule has 5 nitrogen and oxygen atoms in total. The monoisotopic (exact) mass is 444 g/mol. The SMILES string of the molecule is COc1ccc(NC(=O)CNC(=O)c2ccccc2I)cc1Cl. The Labute approximate surface area is 152 Å². The number of carbonyl (C=O) groups excluding carboxylic acids is 2. The number of hydrogen-bond acceptors (Lipinski definition) is 3. The second kappa shape index (κ2) is 8.16. The fourth-order valence-corrected chi connectivity index (χ4v) is 2.74. The van der Waals surface area contributed by atoms with Crippen molar-refractivity contribution in [3.05, 3.63) is 56.6 Å². The van der Waals surface area contributed by atoms with Gasteiger partial charge in [0, 0.05) is 9.26 Å². The molecule has 0 aliphatic carbocycles. The molecule has 0 spiro atoms. The van der Waals surface area contributed by atoms with Crippen LogP contribution in [0, 0.1) is 3.57 Å². The molecule has 0 fully saturated rings. The fourth-order valence-electron chi connectivity index (χ4n) is 1.85. The minimum Gasteiger partial charge on any atom is -0.495 e. The maximum Gasteiger partial charge on any atom is 0.252 e. The predicted octanol–water partition coefficient (Wildman–Crippen LogP) is 3.32. The lowest BCUT2D eigenvalue weighted by Crippen LogP contribution is -2.33. The van der Waals surface area contributed by atoms with Crippen LogP contribution in [0.1, 0.15) is 10.4 Å². The second-order valence-electron chi connectivity index (χ2n) is 4.56. The van der Waals surface area contributed by atoms with E-state index in [1.165, 1.54) is 7.11 Å². The van der Waals surface area contributed by atoms with Gasteiger partial charge < -0.3 is 15.4 Å². The Morgan fingerprint density at radius 1 is 1.22 bits per heavy atom. The summed E-state index contributed by atoms with van der Waals surface area (Å²) in [7, 11) is 1.51. The van der Waals surface area contributed by atoms with E-state index in [0.717, 1.165) is 3.57 Å². The fraction of sp³-hybridized carbons (Fsp3) is 0.125. The van der Waals surface area contributed by atoms with Crippen LogP contribution in [0.15, 0.2) is 42.5 Å². The van der Waals surface area contributed by atoms with Crippen molar-refractivity contribution >= 4 is 51.7 Å². The van der Waals surface area contributed by atoms with E-state index in [1.807, 2.05) is 12.1 Å².